The Morgan fingerprint density at radius 2 is 1.62 bits per heavy atom. The number of ether oxygens (including phenoxy) is 1. The lowest BCUT2D eigenvalue weighted by molar-refractivity contribution is -0.0799. The predicted molar refractivity (Wildman–Crippen MR) is 65.1 cm³/mol. The van der Waals surface area contributed by atoms with Gasteiger partial charge in [-0.3, -0.25) is 0 Å². The van der Waals surface area contributed by atoms with Gasteiger partial charge in [0.25, 0.3) is 0 Å². The van der Waals surface area contributed by atoms with Gasteiger partial charge in [0.15, 0.2) is 0 Å². The molecule has 0 aromatic heterocycles. The van der Waals surface area contributed by atoms with Crippen LogP contribution in [0.25, 0.3) is 0 Å². The van der Waals surface area contributed by atoms with Crippen LogP contribution in [0.5, 0.6) is 0 Å². The van der Waals surface area contributed by atoms with E-state index in [0.29, 0.717) is 11.5 Å². The molecular formula is C14H25NO. The molecule has 0 aromatic carbocycles. The van der Waals surface area contributed by atoms with Crippen LogP contribution >= 0.6 is 0 Å². The predicted octanol–water partition coefficient (Wildman–Crippen LogP) is 2.57. The summed E-state index contributed by atoms with van der Waals surface area (Å²) in [5.74, 6) is 3.00. The maximum atomic E-state index is 6.43. The topological polar surface area (TPSA) is 35.2 Å². The normalized spacial score (nSPS) is 47.2. The summed E-state index contributed by atoms with van der Waals surface area (Å²) >= 11 is 0. The third-order valence-corrected chi connectivity index (χ3v) is 5.37. The van der Waals surface area contributed by atoms with Gasteiger partial charge in [0.1, 0.15) is 0 Å². The van der Waals surface area contributed by atoms with Crippen molar-refractivity contribution in [2.75, 3.05) is 13.2 Å². The fourth-order valence-electron chi connectivity index (χ4n) is 5.05. The van der Waals surface area contributed by atoms with Crippen LogP contribution < -0.4 is 5.73 Å². The summed E-state index contributed by atoms with van der Waals surface area (Å²) in [6, 6.07) is 0.292. The van der Waals surface area contributed by atoms with Gasteiger partial charge in [-0.05, 0) is 68.6 Å². The van der Waals surface area contributed by atoms with E-state index >= 15 is 0 Å². The average molecular weight is 223 g/mol. The Morgan fingerprint density at radius 3 is 2.06 bits per heavy atom. The summed E-state index contributed by atoms with van der Waals surface area (Å²) in [5.41, 5.74) is 6.90. The minimum Gasteiger partial charge on any atom is -0.380 e. The first-order valence-corrected chi connectivity index (χ1v) is 7.05. The van der Waals surface area contributed by atoms with Crippen molar-refractivity contribution in [2.24, 2.45) is 28.9 Å². The molecule has 4 aliphatic rings. The Morgan fingerprint density at radius 1 is 1.12 bits per heavy atom. The standard InChI is InChI=1S/C14H25NO/c1-2-16-9-13(15)14-6-10-3-11(7-14)5-12(4-10)8-14/h10-13H,2-9,15H2,1H3. The van der Waals surface area contributed by atoms with Gasteiger partial charge in [0, 0.05) is 12.6 Å². The number of hydrogen-bond donors (Lipinski definition) is 1. The maximum Gasteiger partial charge on any atom is 0.0622 e. The first-order chi connectivity index (χ1) is 7.72. The molecule has 0 spiro atoms. The fraction of sp³-hybridized carbons (Fsp3) is 1.00. The Labute approximate surface area is 98.9 Å². The second-order valence-corrected chi connectivity index (χ2v) is 6.55. The van der Waals surface area contributed by atoms with Crippen molar-refractivity contribution in [3.63, 3.8) is 0 Å². The van der Waals surface area contributed by atoms with Crippen LogP contribution in [0.2, 0.25) is 0 Å². The molecule has 1 unspecified atom stereocenters. The van der Waals surface area contributed by atoms with E-state index in [9.17, 15) is 0 Å². The SMILES string of the molecule is CCOCC(N)C12CC3CC(CC(C3)C1)C2. The molecule has 4 saturated carbocycles. The second kappa shape index (κ2) is 3.99. The van der Waals surface area contributed by atoms with E-state index in [1.165, 1.54) is 38.5 Å². The van der Waals surface area contributed by atoms with Crippen LogP contribution in [0.4, 0.5) is 0 Å². The highest BCUT2D eigenvalue weighted by Gasteiger charge is 2.53. The van der Waals surface area contributed by atoms with Crippen LogP contribution in [0.3, 0.4) is 0 Å². The minimum absolute atomic E-state index is 0.292. The molecule has 2 nitrogen and oxygen atoms in total. The van der Waals surface area contributed by atoms with Crippen molar-refractivity contribution in [1.82, 2.24) is 0 Å². The molecule has 92 valence electrons. The molecule has 1 atom stereocenters. The summed E-state index contributed by atoms with van der Waals surface area (Å²) in [7, 11) is 0. The second-order valence-electron chi connectivity index (χ2n) is 6.55. The molecule has 4 aliphatic carbocycles. The quantitative estimate of drug-likeness (QED) is 0.795. The molecule has 0 aromatic rings. The lowest BCUT2D eigenvalue weighted by atomic mass is 9.48. The molecule has 0 radical (unpaired) electrons. The summed E-state index contributed by atoms with van der Waals surface area (Å²) in [5, 5.41) is 0. The van der Waals surface area contributed by atoms with E-state index in [1.807, 2.05) is 0 Å². The molecule has 0 saturated heterocycles. The Hall–Kier alpha value is -0.0800. The summed E-state index contributed by atoms with van der Waals surface area (Å²) in [4.78, 5) is 0. The van der Waals surface area contributed by atoms with Crippen molar-refractivity contribution in [1.29, 1.82) is 0 Å². The van der Waals surface area contributed by atoms with Gasteiger partial charge in [0.05, 0.1) is 6.61 Å². The molecule has 0 aliphatic heterocycles. The summed E-state index contributed by atoms with van der Waals surface area (Å²) in [6.45, 7) is 3.65. The third kappa shape index (κ3) is 1.70. The fourth-order valence-corrected chi connectivity index (χ4v) is 5.05. The molecule has 2 heteroatoms. The van der Waals surface area contributed by atoms with Crippen LogP contribution in [0.1, 0.15) is 45.4 Å². The van der Waals surface area contributed by atoms with Crippen molar-refractivity contribution < 1.29 is 4.74 Å². The van der Waals surface area contributed by atoms with Gasteiger partial charge in [-0.2, -0.15) is 0 Å². The molecule has 2 N–H and O–H groups in total. The van der Waals surface area contributed by atoms with Crippen molar-refractivity contribution >= 4 is 0 Å². The number of nitrogens with two attached hydrogens (primary N) is 1. The lowest BCUT2D eigenvalue weighted by Crippen LogP contribution is -2.55. The Bertz CT molecular complexity index is 228. The zero-order valence-corrected chi connectivity index (χ0v) is 10.5. The van der Waals surface area contributed by atoms with Gasteiger partial charge < -0.3 is 10.5 Å². The lowest BCUT2D eigenvalue weighted by Gasteiger charge is -2.58. The van der Waals surface area contributed by atoms with E-state index in [1.54, 1.807) is 0 Å². The highest BCUT2D eigenvalue weighted by atomic mass is 16.5. The molecule has 0 heterocycles. The van der Waals surface area contributed by atoms with Gasteiger partial charge >= 0.3 is 0 Å². The third-order valence-electron chi connectivity index (χ3n) is 5.37. The van der Waals surface area contributed by atoms with Gasteiger partial charge in [-0.1, -0.05) is 0 Å². The van der Waals surface area contributed by atoms with Crippen LogP contribution in [-0.2, 0) is 4.74 Å². The van der Waals surface area contributed by atoms with Crippen molar-refractivity contribution in [3.05, 3.63) is 0 Å². The van der Waals surface area contributed by atoms with Crippen LogP contribution in [0.15, 0.2) is 0 Å². The van der Waals surface area contributed by atoms with E-state index in [4.69, 9.17) is 10.5 Å². The van der Waals surface area contributed by atoms with Crippen molar-refractivity contribution in [2.45, 2.75) is 51.5 Å². The highest BCUT2D eigenvalue weighted by Crippen LogP contribution is 2.60. The Kier molecular flexibility index (Phi) is 2.75. The monoisotopic (exact) mass is 223 g/mol. The molecule has 4 rings (SSSR count). The minimum atomic E-state index is 0.292. The number of hydrogen-bond acceptors (Lipinski definition) is 2. The van der Waals surface area contributed by atoms with Gasteiger partial charge in [0.2, 0.25) is 0 Å². The van der Waals surface area contributed by atoms with Crippen molar-refractivity contribution in [3.8, 4) is 0 Å². The van der Waals surface area contributed by atoms with Gasteiger partial charge in [-0.25, -0.2) is 0 Å². The van der Waals surface area contributed by atoms with E-state index < -0.39 is 0 Å². The Balaban J connectivity index is 1.72. The van der Waals surface area contributed by atoms with Gasteiger partial charge in [-0.15, -0.1) is 0 Å². The summed E-state index contributed by atoms with van der Waals surface area (Å²) < 4.78 is 5.56. The molecular weight excluding hydrogens is 198 g/mol. The smallest absolute Gasteiger partial charge is 0.0622 e. The summed E-state index contributed by atoms with van der Waals surface area (Å²) in [6.07, 6.45) is 8.69. The molecule has 4 bridgehead atoms. The molecule has 0 amide bonds. The van der Waals surface area contributed by atoms with Crippen LogP contribution in [0, 0.1) is 23.2 Å². The average Bonchev–Trinajstić information content (AvgIpc) is 2.24. The largest absolute Gasteiger partial charge is 0.380 e. The number of rotatable bonds is 4. The zero-order valence-electron chi connectivity index (χ0n) is 10.5. The first-order valence-electron chi connectivity index (χ1n) is 7.05. The highest BCUT2D eigenvalue weighted by molar-refractivity contribution is 5.05. The first kappa shape index (κ1) is 11.0. The van der Waals surface area contributed by atoms with E-state index in [-0.39, 0.29) is 0 Å². The van der Waals surface area contributed by atoms with E-state index in [2.05, 4.69) is 6.92 Å². The zero-order chi connectivity index (χ0) is 11.2. The molecule has 16 heavy (non-hydrogen) atoms. The van der Waals surface area contributed by atoms with E-state index in [0.717, 1.165) is 31.0 Å². The van der Waals surface area contributed by atoms with Crippen LogP contribution in [-0.4, -0.2) is 19.3 Å². The maximum absolute atomic E-state index is 6.43. The molecule has 4 fully saturated rings.